The van der Waals surface area contributed by atoms with Crippen molar-refractivity contribution in [2.24, 2.45) is 0 Å². The van der Waals surface area contributed by atoms with E-state index < -0.39 is 0 Å². The second-order valence-electron chi connectivity index (χ2n) is 9.48. The first-order valence-electron chi connectivity index (χ1n) is 12.6. The van der Waals surface area contributed by atoms with Crippen LogP contribution in [0.4, 0.5) is 11.6 Å². The van der Waals surface area contributed by atoms with Crippen LogP contribution in [0.2, 0.25) is 0 Å². The van der Waals surface area contributed by atoms with E-state index in [9.17, 15) is 0 Å². The third-order valence-corrected chi connectivity index (χ3v) is 7.34. The maximum absolute atomic E-state index is 5.62. The molecule has 0 saturated carbocycles. The van der Waals surface area contributed by atoms with Gasteiger partial charge in [0.05, 0.1) is 30.8 Å². The van der Waals surface area contributed by atoms with Gasteiger partial charge < -0.3 is 19.5 Å². The lowest BCUT2D eigenvalue weighted by molar-refractivity contribution is 0.122. The predicted octanol–water partition coefficient (Wildman–Crippen LogP) is 4.05. The molecular weight excluding hydrogens is 452 g/mol. The second-order valence-corrected chi connectivity index (χ2v) is 9.48. The molecular formula is C27H28N8O. The number of rotatable bonds is 4. The Balaban J connectivity index is 1.27. The summed E-state index contributed by atoms with van der Waals surface area (Å²) in [6.45, 7) is 4.93. The molecule has 5 aromatic rings. The molecule has 2 aliphatic heterocycles. The van der Waals surface area contributed by atoms with Crippen LogP contribution in [0.15, 0.2) is 61.1 Å². The van der Waals surface area contributed by atoms with E-state index in [1.165, 1.54) is 0 Å². The third kappa shape index (κ3) is 3.76. The highest BCUT2D eigenvalue weighted by Crippen LogP contribution is 2.33. The van der Waals surface area contributed by atoms with E-state index in [0.29, 0.717) is 13.2 Å². The summed E-state index contributed by atoms with van der Waals surface area (Å²) in [7, 11) is 0. The summed E-state index contributed by atoms with van der Waals surface area (Å²) in [5, 5.41) is 7.03. The molecule has 1 N–H and O–H groups in total. The fourth-order valence-corrected chi connectivity index (χ4v) is 5.40. The number of pyridine rings is 1. The molecule has 2 fully saturated rings. The number of ether oxygens (including phenoxy) is 1. The fourth-order valence-electron chi connectivity index (χ4n) is 5.40. The van der Waals surface area contributed by atoms with E-state index in [2.05, 4.69) is 54.8 Å². The van der Waals surface area contributed by atoms with Gasteiger partial charge in [-0.3, -0.25) is 0 Å². The molecule has 0 radical (unpaired) electrons. The number of fused-ring (bicyclic) bond motifs is 2. The van der Waals surface area contributed by atoms with Gasteiger partial charge >= 0.3 is 0 Å². The lowest BCUT2D eigenvalue weighted by Crippen LogP contribution is -2.37. The zero-order valence-electron chi connectivity index (χ0n) is 20.0. The van der Waals surface area contributed by atoms with Crippen LogP contribution in [-0.4, -0.2) is 69.1 Å². The van der Waals surface area contributed by atoms with Gasteiger partial charge in [-0.15, -0.1) is 0 Å². The van der Waals surface area contributed by atoms with Gasteiger partial charge in [-0.25, -0.2) is 19.6 Å². The quantitative estimate of drug-likeness (QED) is 0.415. The third-order valence-electron chi connectivity index (χ3n) is 7.34. The molecule has 4 aromatic heterocycles. The molecule has 0 unspecified atom stereocenters. The maximum Gasteiger partial charge on any atom is 0.164 e. The summed E-state index contributed by atoms with van der Waals surface area (Å²) >= 11 is 0. The standard InChI is InChI=1S/C27H28N8O/c1-2-9-29-24(3-1)33-11-7-21(8-12-33)35-27-22(18-30-35)26(34-13-15-36-16-14-34)31-25(32-27)20-4-5-23-19(17-20)6-10-28-23/h1-6,9-10,17-18,21,28H,7-8,11-16H2. The molecule has 36 heavy (non-hydrogen) atoms. The molecule has 9 heteroatoms. The Bertz CT molecular complexity index is 1500. The number of H-pyrrole nitrogens is 1. The van der Waals surface area contributed by atoms with Crippen LogP contribution in [0.3, 0.4) is 0 Å². The normalized spacial score (nSPS) is 17.3. The topological polar surface area (TPSA) is 88.0 Å². The van der Waals surface area contributed by atoms with Crippen molar-refractivity contribution < 1.29 is 4.74 Å². The summed E-state index contributed by atoms with van der Waals surface area (Å²) in [6.07, 6.45) is 7.76. The Morgan fingerprint density at radius 3 is 2.64 bits per heavy atom. The number of anilines is 2. The van der Waals surface area contributed by atoms with E-state index in [1.54, 1.807) is 0 Å². The first-order chi connectivity index (χ1) is 17.8. The lowest BCUT2D eigenvalue weighted by Gasteiger charge is -2.33. The number of nitrogens with one attached hydrogen (secondary N) is 1. The molecule has 0 aliphatic carbocycles. The molecule has 0 bridgehead atoms. The molecule has 0 atom stereocenters. The summed E-state index contributed by atoms with van der Waals surface area (Å²) in [5.41, 5.74) is 3.03. The van der Waals surface area contributed by atoms with Crippen molar-refractivity contribution in [2.45, 2.75) is 18.9 Å². The first-order valence-corrected chi connectivity index (χ1v) is 12.6. The first kappa shape index (κ1) is 21.3. The minimum absolute atomic E-state index is 0.287. The maximum atomic E-state index is 5.62. The predicted molar refractivity (Wildman–Crippen MR) is 140 cm³/mol. The SMILES string of the molecule is c1ccc(N2CCC(n3ncc4c(N5CCOCC5)nc(-c5ccc6[nH]ccc6c5)nc43)CC2)nc1. The molecule has 7 rings (SSSR count). The molecule has 9 nitrogen and oxygen atoms in total. The molecule has 2 saturated heterocycles. The van der Waals surface area contributed by atoms with Gasteiger partial charge in [-0.05, 0) is 49.2 Å². The highest BCUT2D eigenvalue weighted by molar-refractivity contribution is 5.90. The Morgan fingerprint density at radius 1 is 0.917 bits per heavy atom. The summed E-state index contributed by atoms with van der Waals surface area (Å²) in [4.78, 5) is 22.6. The van der Waals surface area contributed by atoms with Gasteiger partial charge in [0, 0.05) is 55.0 Å². The van der Waals surface area contributed by atoms with Crippen molar-refractivity contribution in [3.05, 3.63) is 61.1 Å². The Labute approximate surface area is 208 Å². The zero-order chi connectivity index (χ0) is 23.9. The van der Waals surface area contributed by atoms with Gasteiger partial charge in [0.1, 0.15) is 11.6 Å². The number of piperidine rings is 1. The van der Waals surface area contributed by atoms with Gasteiger partial charge in [-0.1, -0.05) is 6.07 Å². The van der Waals surface area contributed by atoms with Crippen molar-refractivity contribution in [3.8, 4) is 11.4 Å². The molecule has 182 valence electrons. The van der Waals surface area contributed by atoms with Gasteiger partial charge in [-0.2, -0.15) is 5.10 Å². The van der Waals surface area contributed by atoms with Crippen LogP contribution in [0.5, 0.6) is 0 Å². The minimum Gasteiger partial charge on any atom is -0.378 e. The number of hydrogen-bond donors (Lipinski definition) is 1. The van der Waals surface area contributed by atoms with E-state index in [-0.39, 0.29) is 6.04 Å². The van der Waals surface area contributed by atoms with E-state index in [0.717, 1.165) is 84.0 Å². The van der Waals surface area contributed by atoms with Crippen LogP contribution in [0, 0.1) is 0 Å². The van der Waals surface area contributed by atoms with E-state index >= 15 is 0 Å². The average molecular weight is 481 g/mol. The van der Waals surface area contributed by atoms with Crippen LogP contribution in [-0.2, 0) is 4.74 Å². The lowest BCUT2D eigenvalue weighted by atomic mass is 10.1. The number of morpholine rings is 1. The summed E-state index contributed by atoms with van der Waals surface area (Å²) in [6, 6.07) is 14.8. The Hall–Kier alpha value is -3.98. The Kier molecular flexibility index (Phi) is 5.27. The zero-order valence-corrected chi connectivity index (χ0v) is 20.0. The summed E-state index contributed by atoms with van der Waals surface area (Å²) < 4.78 is 7.75. The average Bonchev–Trinajstić information content (AvgIpc) is 3.60. The van der Waals surface area contributed by atoms with Crippen molar-refractivity contribution in [3.63, 3.8) is 0 Å². The largest absolute Gasteiger partial charge is 0.378 e. The van der Waals surface area contributed by atoms with Crippen LogP contribution >= 0.6 is 0 Å². The molecule has 1 aromatic carbocycles. The van der Waals surface area contributed by atoms with Gasteiger partial charge in [0.25, 0.3) is 0 Å². The highest BCUT2D eigenvalue weighted by atomic mass is 16.5. The number of nitrogens with zero attached hydrogens (tertiary/aromatic N) is 7. The molecule has 0 amide bonds. The van der Waals surface area contributed by atoms with Crippen LogP contribution in [0.25, 0.3) is 33.3 Å². The van der Waals surface area contributed by atoms with E-state index in [1.807, 2.05) is 30.7 Å². The number of aromatic amines is 1. The van der Waals surface area contributed by atoms with Crippen molar-refractivity contribution in [1.29, 1.82) is 0 Å². The molecule has 2 aliphatic rings. The van der Waals surface area contributed by atoms with Gasteiger partial charge in [0.2, 0.25) is 0 Å². The molecule has 6 heterocycles. The highest BCUT2D eigenvalue weighted by Gasteiger charge is 2.26. The monoisotopic (exact) mass is 480 g/mol. The second kappa shape index (κ2) is 8.91. The Morgan fingerprint density at radius 2 is 1.81 bits per heavy atom. The van der Waals surface area contributed by atoms with Crippen molar-refractivity contribution >= 4 is 33.6 Å². The summed E-state index contributed by atoms with van der Waals surface area (Å²) in [5.74, 6) is 2.73. The van der Waals surface area contributed by atoms with Gasteiger partial charge in [0.15, 0.2) is 11.5 Å². The minimum atomic E-state index is 0.287. The van der Waals surface area contributed by atoms with Crippen molar-refractivity contribution in [1.82, 2.24) is 29.7 Å². The smallest absolute Gasteiger partial charge is 0.164 e. The van der Waals surface area contributed by atoms with E-state index in [4.69, 9.17) is 19.8 Å². The van der Waals surface area contributed by atoms with Crippen molar-refractivity contribution in [2.75, 3.05) is 49.2 Å². The number of hydrogen-bond acceptors (Lipinski definition) is 7. The number of benzene rings is 1. The van der Waals surface area contributed by atoms with Crippen LogP contribution in [0.1, 0.15) is 18.9 Å². The van der Waals surface area contributed by atoms with Crippen LogP contribution < -0.4 is 9.80 Å². The fraction of sp³-hybridized carbons (Fsp3) is 0.333. The number of aromatic nitrogens is 6. The molecule has 0 spiro atoms.